The van der Waals surface area contributed by atoms with Gasteiger partial charge in [0.25, 0.3) is 0 Å². The predicted molar refractivity (Wildman–Crippen MR) is 68.2 cm³/mol. The molecule has 0 fully saturated rings. The van der Waals surface area contributed by atoms with E-state index in [4.69, 9.17) is 5.11 Å². The molecule has 1 unspecified atom stereocenters. The second-order valence-electron chi connectivity index (χ2n) is 4.39. The number of hydrogen-bond acceptors (Lipinski definition) is 3. The van der Waals surface area contributed by atoms with Gasteiger partial charge in [-0.2, -0.15) is 0 Å². The minimum absolute atomic E-state index is 0.235. The highest BCUT2D eigenvalue weighted by Crippen LogP contribution is 2.15. The first-order valence-electron chi connectivity index (χ1n) is 6.20. The molecule has 2 aromatic rings. The number of rotatable bonds is 6. The average Bonchev–Trinajstić information content (AvgIpc) is 2.78. The lowest BCUT2D eigenvalue weighted by Gasteiger charge is -2.09. The SMILES string of the molecule is CCC(CCCn1cnc2cnccc21)C(=O)O. The van der Waals surface area contributed by atoms with Gasteiger partial charge in [0.1, 0.15) is 5.52 Å². The van der Waals surface area contributed by atoms with Crippen molar-refractivity contribution in [1.29, 1.82) is 0 Å². The van der Waals surface area contributed by atoms with Gasteiger partial charge in [0.05, 0.1) is 24.0 Å². The third-order valence-electron chi connectivity index (χ3n) is 3.22. The molecule has 1 atom stereocenters. The summed E-state index contributed by atoms with van der Waals surface area (Å²) in [7, 11) is 0. The topological polar surface area (TPSA) is 68.0 Å². The average molecular weight is 247 g/mol. The van der Waals surface area contributed by atoms with Gasteiger partial charge in [-0.3, -0.25) is 9.78 Å². The van der Waals surface area contributed by atoms with E-state index in [1.54, 1.807) is 18.7 Å². The first-order valence-corrected chi connectivity index (χ1v) is 6.20. The van der Waals surface area contributed by atoms with Crippen molar-refractivity contribution in [3.8, 4) is 0 Å². The Kier molecular flexibility index (Phi) is 3.92. The van der Waals surface area contributed by atoms with Gasteiger partial charge in [-0.05, 0) is 25.3 Å². The van der Waals surface area contributed by atoms with Gasteiger partial charge in [0.2, 0.25) is 0 Å². The van der Waals surface area contributed by atoms with Crippen LogP contribution in [-0.2, 0) is 11.3 Å². The van der Waals surface area contributed by atoms with E-state index in [9.17, 15) is 4.79 Å². The second kappa shape index (κ2) is 5.62. The molecule has 0 aromatic carbocycles. The molecular weight excluding hydrogens is 230 g/mol. The number of pyridine rings is 1. The molecule has 0 bridgehead atoms. The normalized spacial score (nSPS) is 12.7. The summed E-state index contributed by atoms with van der Waals surface area (Å²) < 4.78 is 2.05. The van der Waals surface area contributed by atoms with Crippen molar-refractivity contribution >= 4 is 17.0 Å². The molecule has 2 heterocycles. The second-order valence-corrected chi connectivity index (χ2v) is 4.39. The van der Waals surface area contributed by atoms with Gasteiger partial charge < -0.3 is 9.67 Å². The first kappa shape index (κ1) is 12.5. The minimum atomic E-state index is -0.697. The van der Waals surface area contributed by atoms with Crippen LogP contribution in [0.4, 0.5) is 0 Å². The van der Waals surface area contributed by atoms with Crippen LogP contribution in [0.1, 0.15) is 26.2 Å². The zero-order chi connectivity index (χ0) is 13.0. The molecule has 0 aliphatic rings. The number of carboxylic acids is 1. The maximum absolute atomic E-state index is 10.9. The molecule has 5 nitrogen and oxygen atoms in total. The standard InChI is InChI=1S/C13H17N3O2/c1-2-10(13(17)18)4-3-7-16-9-15-11-8-14-6-5-12(11)16/h5-6,8-10H,2-4,7H2,1H3,(H,17,18). The van der Waals surface area contributed by atoms with Crippen molar-refractivity contribution in [2.45, 2.75) is 32.7 Å². The van der Waals surface area contributed by atoms with E-state index in [-0.39, 0.29) is 5.92 Å². The van der Waals surface area contributed by atoms with Crippen LogP contribution in [0.2, 0.25) is 0 Å². The fraction of sp³-hybridized carbons (Fsp3) is 0.462. The van der Waals surface area contributed by atoms with Crippen LogP contribution >= 0.6 is 0 Å². The number of carbonyl (C=O) groups is 1. The van der Waals surface area contributed by atoms with E-state index in [0.717, 1.165) is 24.0 Å². The Morgan fingerprint density at radius 1 is 1.56 bits per heavy atom. The Labute approximate surface area is 105 Å². The lowest BCUT2D eigenvalue weighted by molar-refractivity contribution is -0.142. The number of hydrogen-bond donors (Lipinski definition) is 1. The zero-order valence-corrected chi connectivity index (χ0v) is 10.4. The van der Waals surface area contributed by atoms with Crippen molar-refractivity contribution in [2.24, 2.45) is 5.92 Å². The Bertz CT molecular complexity index is 536. The summed E-state index contributed by atoms with van der Waals surface area (Å²) in [6, 6.07) is 1.93. The molecule has 0 aliphatic carbocycles. The van der Waals surface area contributed by atoms with Crippen molar-refractivity contribution in [3.63, 3.8) is 0 Å². The lowest BCUT2D eigenvalue weighted by atomic mass is 10.0. The molecule has 2 aromatic heterocycles. The van der Waals surface area contributed by atoms with Gasteiger partial charge in [0, 0.05) is 12.7 Å². The van der Waals surface area contributed by atoms with E-state index in [0.29, 0.717) is 12.8 Å². The largest absolute Gasteiger partial charge is 0.481 e. The molecule has 0 aliphatic heterocycles. The third kappa shape index (κ3) is 2.67. The smallest absolute Gasteiger partial charge is 0.306 e. The summed E-state index contributed by atoms with van der Waals surface area (Å²) in [5.41, 5.74) is 1.93. The third-order valence-corrected chi connectivity index (χ3v) is 3.22. The van der Waals surface area contributed by atoms with Crippen LogP contribution in [0.5, 0.6) is 0 Å². The van der Waals surface area contributed by atoms with Crippen LogP contribution in [0.15, 0.2) is 24.8 Å². The number of aromatic nitrogens is 3. The van der Waals surface area contributed by atoms with Crippen LogP contribution in [0.3, 0.4) is 0 Å². The molecular formula is C13H17N3O2. The number of aliphatic carboxylic acids is 1. The van der Waals surface area contributed by atoms with Crippen LogP contribution in [-0.4, -0.2) is 25.6 Å². The maximum atomic E-state index is 10.9. The van der Waals surface area contributed by atoms with Gasteiger partial charge in [0.15, 0.2) is 0 Å². The number of imidazole rings is 1. The highest BCUT2D eigenvalue weighted by molar-refractivity contribution is 5.73. The van der Waals surface area contributed by atoms with Gasteiger partial charge in [-0.1, -0.05) is 6.92 Å². The summed E-state index contributed by atoms with van der Waals surface area (Å²) in [6.45, 7) is 2.71. The van der Waals surface area contributed by atoms with Crippen molar-refractivity contribution in [2.75, 3.05) is 0 Å². The van der Waals surface area contributed by atoms with Gasteiger partial charge in [-0.25, -0.2) is 4.98 Å². The number of carboxylic acid groups (broad SMARTS) is 1. The van der Waals surface area contributed by atoms with Gasteiger partial charge >= 0.3 is 5.97 Å². The van der Waals surface area contributed by atoms with E-state index in [2.05, 4.69) is 9.97 Å². The van der Waals surface area contributed by atoms with Crippen LogP contribution in [0.25, 0.3) is 11.0 Å². The fourth-order valence-corrected chi connectivity index (χ4v) is 2.10. The van der Waals surface area contributed by atoms with E-state index >= 15 is 0 Å². The first-order chi connectivity index (χ1) is 8.72. The number of nitrogens with zero attached hydrogens (tertiary/aromatic N) is 3. The molecule has 5 heteroatoms. The van der Waals surface area contributed by atoms with E-state index in [1.807, 2.05) is 17.6 Å². The molecule has 0 amide bonds. The Morgan fingerprint density at radius 3 is 3.11 bits per heavy atom. The quantitative estimate of drug-likeness (QED) is 0.850. The summed E-state index contributed by atoms with van der Waals surface area (Å²) in [5.74, 6) is -0.932. The highest BCUT2D eigenvalue weighted by atomic mass is 16.4. The monoisotopic (exact) mass is 247 g/mol. The lowest BCUT2D eigenvalue weighted by Crippen LogP contribution is -2.13. The zero-order valence-electron chi connectivity index (χ0n) is 10.4. The molecule has 1 N–H and O–H groups in total. The molecule has 0 radical (unpaired) electrons. The van der Waals surface area contributed by atoms with Crippen molar-refractivity contribution < 1.29 is 9.90 Å². The molecule has 0 spiro atoms. The predicted octanol–water partition coefficient (Wildman–Crippen LogP) is 2.32. The molecule has 0 saturated heterocycles. The summed E-state index contributed by atoms with van der Waals surface area (Å²) >= 11 is 0. The Hall–Kier alpha value is -1.91. The van der Waals surface area contributed by atoms with E-state index in [1.165, 1.54) is 0 Å². The fourth-order valence-electron chi connectivity index (χ4n) is 2.10. The molecule has 18 heavy (non-hydrogen) atoms. The molecule has 2 rings (SSSR count). The maximum Gasteiger partial charge on any atom is 0.306 e. The van der Waals surface area contributed by atoms with Gasteiger partial charge in [-0.15, -0.1) is 0 Å². The van der Waals surface area contributed by atoms with Crippen LogP contribution in [0, 0.1) is 5.92 Å². The summed E-state index contributed by atoms with van der Waals surface area (Å²) in [5, 5.41) is 8.97. The molecule has 96 valence electrons. The summed E-state index contributed by atoms with van der Waals surface area (Å²) in [6.07, 6.45) is 7.50. The van der Waals surface area contributed by atoms with Crippen LogP contribution < -0.4 is 0 Å². The number of aryl methyl sites for hydroxylation is 1. The summed E-state index contributed by atoms with van der Waals surface area (Å²) in [4.78, 5) is 19.2. The van der Waals surface area contributed by atoms with Crippen molar-refractivity contribution in [1.82, 2.24) is 14.5 Å². The Morgan fingerprint density at radius 2 is 2.39 bits per heavy atom. The molecule has 0 saturated carbocycles. The highest BCUT2D eigenvalue weighted by Gasteiger charge is 2.14. The minimum Gasteiger partial charge on any atom is -0.481 e. The van der Waals surface area contributed by atoms with Crippen molar-refractivity contribution in [3.05, 3.63) is 24.8 Å². The number of fused-ring (bicyclic) bond motifs is 1. The Balaban J connectivity index is 1.96. The van der Waals surface area contributed by atoms with E-state index < -0.39 is 5.97 Å².